The maximum atomic E-state index is 10.1. The Labute approximate surface area is 81.8 Å². The molecular weight excluding hydrogens is 182 g/mol. The van der Waals surface area contributed by atoms with E-state index < -0.39 is 5.97 Å². The lowest BCUT2D eigenvalue weighted by Crippen LogP contribution is -1.92. The van der Waals surface area contributed by atoms with Crippen LogP contribution in [0.15, 0.2) is 36.5 Å². The molecule has 0 saturated heterocycles. The number of nitrogens with one attached hydrogen (secondary N) is 1. The zero-order chi connectivity index (χ0) is 10.4. The third-order valence-electron chi connectivity index (χ3n) is 1.57. The number of hydrogen-bond donors (Lipinski definition) is 2. The first-order valence-corrected chi connectivity index (χ1v) is 4.02. The van der Waals surface area contributed by atoms with Gasteiger partial charge in [0, 0.05) is 18.0 Å². The second-order valence-electron chi connectivity index (χ2n) is 2.54. The van der Waals surface area contributed by atoms with Gasteiger partial charge in [0.2, 0.25) is 0 Å². The summed E-state index contributed by atoms with van der Waals surface area (Å²) in [7, 11) is 1.59. The molecule has 0 aromatic heterocycles. The molecule has 0 saturated carbocycles. The summed E-state index contributed by atoms with van der Waals surface area (Å²) in [6.45, 7) is 0. The normalized spacial score (nSPS) is 10.1. The van der Waals surface area contributed by atoms with Crippen LogP contribution < -0.4 is 10.1 Å². The fraction of sp³-hybridized carbons (Fsp3) is 0.100. The van der Waals surface area contributed by atoms with Gasteiger partial charge in [-0.2, -0.15) is 0 Å². The highest BCUT2D eigenvalue weighted by atomic mass is 16.5. The maximum Gasteiger partial charge on any atom is 0.329 e. The van der Waals surface area contributed by atoms with Crippen molar-refractivity contribution in [2.75, 3.05) is 12.4 Å². The van der Waals surface area contributed by atoms with Crippen LogP contribution in [0, 0.1) is 0 Å². The van der Waals surface area contributed by atoms with Crippen LogP contribution in [-0.2, 0) is 4.79 Å². The zero-order valence-electron chi connectivity index (χ0n) is 7.73. The highest BCUT2D eigenvalue weighted by Crippen LogP contribution is 2.14. The number of anilines is 1. The summed E-state index contributed by atoms with van der Waals surface area (Å²) >= 11 is 0. The van der Waals surface area contributed by atoms with Crippen molar-refractivity contribution in [3.05, 3.63) is 36.5 Å². The molecule has 1 rings (SSSR count). The number of carbonyl (C=O) groups is 1. The van der Waals surface area contributed by atoms with E-state index in [1.54, 1.807) is 31.4 Å². The van der Waals surface area contributed by atoms with E-state index >= 15 is 0 Å². The van der Waals surface area contributed by atoms with Crippen molar-refractivity contribution in [2.45, 2.75) is 0 Å². The van der Waals surface area contributed by atoms with E-state index in [0.29, 0.717) is 0 Å². The monoisotopic (exact) mass is 193 g/mol. The van der Waals surface area contributed by atoms with Gasteiger partial charge in [-0.3, -0.25) is 0 Å². The van der Waals surface area contributed by atoms with Crippen molar-refractivity contribution in [3.8, 4) is 5.75 Å². The molecule has 0 spiro atoms. The minimum atomic E-state index is -0.981. The van der Waals surface area contributed by atoms with E-state index in [2.05, 4.69) is 5.32 Å². The van der Waals surface area contributed by atoms with Crippen LogP contribution in [0.4, 0.5) is 5.69 Å². The fourth-order valence-electron chi connectivity index (χ4n) is 0.896. The number of methoxy groups -OCH3 is 1. The number of ether oxygens (including phenoxy) is 1. The van der Waals surface area contributed by atoms with Gasteiger partial charge in [0.05, 0.1) is 7.11 Å². The van der Waals surface area contributed by atoms with E-state index in [9.17, 15) is 4.79 Å². The standard InChI is InChI=1S/C10H11NO3/c1-14-9-4-2-8(3-5-9)11-7-6-10(12)13/h2-7,11H,1H3,(H,12,13)/b7-6+. The van der Waals surface area contributed by atoms with Crippen LogP contribution in [0.3, 0.4) is 0 Å². The SMILES string of the molecule is COc1ccc(N/C=C/C(=O)O)cc1. The van der Waals surface area contributed by atoms with E-state index in [1.807, 2.05) is 0 Å². The lowest BCUT2D eigenvalue weighted by Gasteiger charge is -2.02. The Kier molecular flexibility index (Phi) is 3.55. The summed E-state index contributed by atoms with van der Waals surface area (Å²) in [5.74, 6) is -0.219. The van der Waals surface area contributed by atoms with Gasteiger partial charge in [0.15, 0.2) is 0 Å². The van der Waals surface area contributed by atoms with Crippen LogP contribution >= 0.6 is 0 Å². The first-order chi connectivity index (χ1) is 6.72. The van der Waals surface area contributed by atoms with Gasteiger partial charge in [0.25, 0.3) is 0 Å². The van der Waals surface area contributed by atoms with Gasteiger partial charge >= 0.3 is 5.97 Å². The molecule has 0 bridgehead atoms. The Bertz CT molecular complexity index is 330. The smallest absolute Gasteiger partial charge is 0.329 e. The highest BCUT2D eigenvalue weighted by molar-refractivity contribution is 5.80. The summed E-state index contributed by atoms with van der Waals surface area (Å²) in [6.07, 6.45) is 2.40. The number of carboxylic acid groups (broad SMARTS) is 1. The van der Waals surface area contributed by atoms with Gasteiger partial charge in [-0.25, -0.2) is 4.79 Å². The summed E-state index contributed by atoms with van der Waals surface area (Å²) in [6, 6.07) is 7.17. The molecule has 0 atom stereocenters. The largest absolute Gasteiger partial charge is 0.497 e. The first-order valence-electron chi connectivity index (χ1n) is 4.02. The van der Waals surface area contributed by atoms with E-state index in [0.717, 1.165) is 17.5 Å². The molecule has 0 fully saturated rings. The summed E-state index contributed by atoms with van der Waals surface area (Å²) < 4.78 is 4.97. The van der Waals surface area contributed by atoms with Crippen LogP contribution in [0.2, 0.25) is 0 Å². The molecule has 0 heterocycles. The third-order valence-corrected chi connectivity index (χ3v) is 1.57. The average molecular weight is 193 g/mol. The quantitative estimate of drug-likeness (QED) is 0.714. The van der Waals surface area contributed by atoms with Gasteiger partial charge < -0.3 is 15.2 Å². The average Bonchev–Trinajstić information content (AvgIpc) is 2.18. The Morgan fingerprint density at radius 3 is 2.57 bits per heavy atom. The molecule has 4 nitrogen and oxygen atoms in total. The number of rotatable bonds is 4. The highest BCUT2D eigenvalue weighted by Gasteiger charge is 1.91. The van der Waals surface area contributed by atoms with Gasteiger partial charge in [0.1, 0.15) is 5.75 Å². The number of benzene rings is 1. The van der Waals surface area contributed by atoms with E-state index in [1.165, 1.54) is 6.20 Å². The molecule has 14 heavy (non-hydrogen) atoms. The molecule has 0 amide bonds. The van der Waals surface area contributed by atoms with Gasteiger partial charge in [-0.05, 0) is 24.3 Å². The Morgan fingerprint density at radius 2 is 2.07 bits per heavy atom. The predicted molar refractivity (Wildman–Crippen MR) is 53.4 cm³/mol. The molecule has 0 unspecified atom stereocenters. The number of aliphatic carboxylic acids is 1. The lowest BCUT2D eigenvalue weighted by molar-refractivity contribution is -0.131. The molecule has 0 aliphatic carbocycles. The predicted octanol–water partition coefficient (Wildman–Crippen LogP) is 1.71. The maximum absolute atomic E-state index is 10.1. The van der Waals surface area contributed by atoms with Gasteiger partial charge in [-0.1, -0.05) is 0 Å². The van der Waals surface area contributed by atoms with Crippen molar-refractivity contribution in [3.63, 3.8) is 0 Å². The minimum absolute atomic E-state index is 0.762. The lowest BCUT2D eigenvalue weighted by atomic mass is 10.3. The summed E-state index contributed by atoms with van der Waals surface area (Å²) in [5, 5.41) is 11.1. The molecule has 0 aliphatic heterocycles. The van der Waals surface area contributed by atoms with Crippen molar-refractivity contribution in [2.24, 2.45) is 0 Å². The van der Waals surface area contributed by atoms with Crippen LogP contribution in [0.1, 0.15) is 0 Å². The van der Waals surface area contributed by atoms with Crippen molar-refractivity contribution < 1.29 is 14.6 Å². The molecule has 0 radical (unpaired) electrons. The van der Waals surface area contributed by atoms with Gasteiger partial charge in [-0.15, -0.1) is 0 Å². The number of hydrogen-bond acceptors (Lipinski definition) is 3. The van der Waals surface area contributed by atoms with E-state index in [-0.39, 0.29) is 0 Å². The topological polar surface area (TPSA) is 58.6 Å². The Morgan fingerprint density at radius 1 is 1.43 bits per heavy atom. The van der Waals surface area contributed by atoms with Crippen molar-refractivity contribution in [1.29, 1.82) is 0 Å². The third kappa shape index (κ3) is 3.18. The fourth-order valence-corrected chi connectivity index (χ4v) is 0.896. The summed E-state index contributed by atoms with van der Waals surface area (Å²) in [5.41, 5.74) is 0.809. The number of carboxylic acids is 1. The molecule has 4 heteroatoms. The van der Waals surface area contributed by atoms with Crippen LogP contribution in [-0.4, -0.2) is 18.2 Å². The van der Waals surface area contributed by atoms with E-state index in [4.69, 9.17) is 9.84 Å². The molecule has 1 aromatic rings. The second kappa shape index (κ2) is 4.91. The van der Waals surface area contributed by atoms with Crippen LogP contribution in [0.25, 0.3) is 0 Å². The molecule has 2 N–H and O–H groups in total. The summed E-state index contributed by atoms with van der Waals surface area (Å²) in [4.78, 5) is 10.1. The second-order valence-corrected chi connectivity index (χ2v) is 2.54. The van der Waals surface area contributed by atoms with Crippen molar-refractivity contribution in [1.82, 2.24) is 0 Å². The molecule has 1 aromatic carbocycles. The molecule has 74 valence electrons. The van der Waals surface area contributed by atoms with Crippen LogP contribution in [0.5, 0.6) is 5.75 Å². The Balaban J connectivity index is 2.56. The molecular formula is C10H11NO3. The first kappa shape index (κ1) is 10.1. The van der Waals surface area contributed by atoms with Crippen molar-refractivity contribution >= 4 is 11.7 Å². The minimum Gasteiger partial charge on any atom is -0.497 e. The zero-order valence-corrected chi connectivity index (χ0v) is 7.73. The molecule has 0 aliphatic rings. The Hall–Kier alpha value is -1.97.